The number of anilines is 1. The second-order valence-corrected chi connectivity index (χ2v) is 5.52. The van der Waals surface area contributed by atoms with Gasteiger partial charge >= 0.3 is 0 Å². The average molecular weight is 328 g/mol. The van der Waals surface area contributed by atoms with E-state index in [4.69, 9.17) is 10.7 Å². The third kappa shape index (κ3) is 2.34. The number of hydrogen-bond acceptors (Lipinski definition) is 2. The average Bonchev–Trinajstić information content (AvgIpc) is 2.82. The van der Waals surface area contributed by atoms with Crippen molar-refractivity contribution in [3.63, 3.8) is 0 Å². The van der Waals surface area contributed by atoms with Gasteiger partial charge in [0.15, 0.2) is 0 Å². The summed E-state index contributed by atoms with van der Waals surface area (Å²) in [6.45, 7) is 2.03. The van der Waals surface area contributed by atoms with Gasteiger partial charge in [0.2, 0.25) is 0 Å². The lowest BCUT2D eigenvalue weighted by Crippen LogP contribution is -1.85. The van der Waals surface area contributed by atoms with Crippen molar-refractivity contribution in [1.82, 2.24) is 9.97 Å². The molecule has 3 nitrogen and oxygen atoms in total. The molecule has 0 atom stereocenters. The predicted molar refractivity (Wildman–Crippen MR) is 86.3 cm³/mol. The molecular weight excluding hydrogens is 314 g/mol. The summed E-state index contributed by atoms with van der Waals surface area (Å²) in [6.07, 6.45) is 0. The zero-order valence-electron chi connectivity index (χ0n) is 11.0. The largest absolute Gasteiger partial charge is 0.399 e. The highest BCUT2D eigenvalue weighted by Crippen LogP contribution is 2.31. The fraction of sp³-hybridized carbons (Fsp3) is 0.0625. The number of halogens is 1. The van der Waals surface area contributed by atoms with Crippen LogP contribution in [-0.4, -0.2) is 9.97 Å². The van der Waals surface area contributed by atoms with Gasteiger partial charge < -0.3 is 10.7 Å². The molecule has 0 aliphatic rings. The molecular formula is C16H14BrN3. The minimum Gasteiger partial charge on any atom is -0.399 e. The lowest BCUT2D eigenvalue weighted by Gasteiger charge is -2.01. The van der Waals surface area contributed by atoms with Crippen LogP contribution in [0.2, 0.25) is 0 Å². The first kappa shape index (κ1) is 12.9. The number of aromatic amines is 1. The van der Waals surface area contributed by atoms with E-state index in [9.17, 15) is 0 Å². The number of nitrogens with zero attached hydrogens (tertiary/aromatic N) is 1. The number of nitrogens with two attached hydrogens (primary N) is 1. The highest BCUT2D eigenvalue weighted by atomic mass is 79.9. The summed E-state index contributed by atoms with van der Waals surface area (Å²) in [5.41, 5.74) is 10.6. The van der Waals surface area contributed by atoms with Gasteiger partial charge in [-0.2, -0.15) is 0 Å². The van der Waals surface area contributed by atoms with Crippen molar-refractivity contribution in [2.24, 2.45) is 0 Å². The fourth-order valence-electron chi connectivity index (χ4n) is 2.15. The second kappa shape index (κ2) is 5.13. The molecule has 3 N–H and O–H groups in total. The number of imidazole rings is 1. The van der Waals surface area contributed by atoms with Crippen LogP contribution in [0.5, 0.6) is 0 Å². The summed E-state index contributed by atoms with van der Waals surface area (Å²) < 4.78 is 1.04. The summed E-state index contributed by atoms with van der Waals surface area (Å²) in [4.78, 5) is 8.05. The van der Waals surface area contributed by atoms with Gasteiger partial charge in [-0.25, -0.2) is 4.98 Å². The van der Waals surface area contributed by atoms with Crippen LogP contribution in [-0.2, 0) is 0 Å². The van der Waals surface area contributed by atoms with Gasteiger partial charge in [-0.05, 0) is 37.3 Å². The summed E-state index contributed by atoms with van der Waals surface area (Å²) in [5.74, 6) is 0.855. The van der Waals surface area contributed by atoms with Crippen LogP contribution >= 0.6 is 15.9 Å². The number of nitrogens with one attached hydrogen (secondary N) is 1. The van der Waals surface area contributed by atoms with E-state index in [1.165, 1.54) is 0 Å². The number of aryl methyl sites for hydroxylation is 1. The highest BCUT2D eigenvalue weighted by Gasteiger charge is 2.12. The van der Waals surface area contributed by atoms with Gasteiger partial charge in [0.1, 0.15) is 5.82 Å². The Morgan fingerprint density at radius 3 is 2.45 bits per heavy atom. The number of benzene rings is 2. The molecule has 4 heteroatoms. The minimum atomic E-state index is 0.753. The third-order valence-corrected chi connectivity index (χ3v) is 3.89. The number of nitrogen functional groups attached to an aromatic ring is 1. The molecule has 100 valence electrons. The van der Waals surface area contributed by atoms with Crippen LogP contribution in [0.3, 0.4) is 0 Å². The Hall–Kier alpha value is -2.07. The van der Waals surface area contributed by atoms with Gasteiger partial charge in [-0.15, -0.1) is 0 Å². The van der Waals surface area contributed by atoms with E-state index >= 15 is 0 Å². The third-order valence-electron chi connectivity index (χ3n) is 3.20. The first-order chi connectivity index (χ1) is 9.65. The zero-order chi connectivity index (χ0) is 14.1. The van der Waals surface area contributed by atoms with Crippen LogP contribution in [0.15, 0.2) is 53.0 Å². The van der Waals surface area contributed by atoms with Gasteiger partial charge in [0, 0.05) is 27.0 Å². The van der Waals surface area contributed by atoms with E-state index in [1.807, 2.05) is 49.4 Å². The Morgan fingerprint density at radius 1 is 1.05 bits per heavy atom. The molecule has 3 aromatic rings. The van der Waals surface area contributed by atoms with E-state index in [1.54, 1.807) is 0 Å². The number of rotatable bonds is 2. The molecule has 0 aliphatic heterocycles. The van der Waals surface area contributed by atoms with E-state index in [-0.39, 0.29) is 0 Å². The van der Waals surface area contributed by atoms with Crippen molar-refractivity contribution in [2.45, 2.75) is 6.92 Å². The van der Waals surface area contributed by atoms with Crippen molar-refractivity contribution in [3.05, 3.63) is 58.7 Å². The maximum absolute atomic E-state index is 5.71. The van der Waals surface area contributed by atoms with Crippen molar-refractivity contribution in [2.75, 3.05) is 5.73 Å². The molecule has 0 saturated carbocycles. The monoisotopic (exact) mass is 327 g/mol. The molecule has 0 fully saturated rings. The van der Waals surface area contributed by atoms with Gasteiger partial charge in [0.25, 0.3) is 0 Å². The maximum atomic E-state index is 5.71. The van der Waals surface area contributed by atoms with Gasteiger partial charge in [-0.1, -0.05) is 34.1 Å². The summed E-state index contributed by atoms with van der Waals surface area (Å²) in [5, 5.41) is 0. The molecule has 0 unspecified atom stereocenters. The highest BCUT2D eigenvalue weighted by molar-refractivity contribution is 9.10. The Kier molecular flexibility index (Phi) is 3.32. The Labute approximate surface area is 126 Å². The first-order valence-electron chi connectivity index (χ1n) is 6.32. The predicted octanol–water partition coefficient (Wildman–Crippen LogP) is 4.40. The van der Waals surface area contributed by atoms with Crippen LogP contribution < -0.4 is 5.73 Å². The SMILES string of the molecule is Cc1[nH]c(-c2ccc(N)cc2)nc1-c1ccccc1Br. The van der Waals surface area contributed by atoms with Crippen molar-refractivity contribution < 1.29 is 0 Å². The quantitative estimate of drug-likeness (QED) is 0.685. The molecule has 2 aromatic carbocycles. The minimum absolute atomic E-state index is 0.753. The van der Waals surface area contributed by atoms with Crippen molar-refractivity contribution >= 4 is 21.6 Å². The molecule has 1 aromatic heterocycles. The Balaban J connectivity index is 2.08. The van der Waals surface area contributed by atoms with Gasteiger partial charge in [0.05, 0.1) is 5.69 Å². The van der Waals surface area contributed by atoms with Crippen LogP contribution in [0.4, 0.5) is 5.69 Å². The molecule has 0 aliphatic carbocycles. The Bertz CT molecular complexity index is 745. The summed E-state index contributed by atoms with van der Waals surface area (Å²) in [6, 6.07) is 15.8. The molecule has 0 spiro atoms. The molecule has 1 heterocycles. The Morgan fingerprint density at radius 2 is 1.75 bits per heavy atom. The second-order valence-electron chi connectivity index (χ2n) is 4.66. The van der Waals surface area contributed by atoms with Crippen LogP contribution in [0.1, 0.15) is 5.69 Å². The maximum Gasteiger partial charge on any atom is 0.138 e. The van der Waals surface area contributed by atoms with Crippen molar-refractivity contribution in [1.29, 1.82) is 0 Å². The number of hydrogen-bond donors (Lipinski definition) is 2. The molecule has 3 rings (SSSR count). The smallest absolute Gasteiger partial charge is 0.138 e. The lowest BCUT2D eigenvalue weighted by atomic mass is 10.1. The lowest BCUT2D eigenvalue weighted by molar-refractivity contribution is 1.26. The molecule has 0 saturated heterocycles. The molecule has 0 radical (unpaired) electrons. The number of aromatic nitrogens is 2. The molecule has 20 heavy (non-hydrogen) atoms. The van der Waals surface area contributed by atoms with E-state index < -0.39 is 0 Å². The summed E-state index contributed by atoms with van der Waals surface area (Å²) >= 11 is 3.57. The standard InChI is InChI=1S/C16H14BrN3/c1-10-15(13-4-2-3-5-14(13)17)20-16(19-10)11-6-8-12(18)9-7-11/h2-9H,18H2,1H3,(H,19,20). The topological polar surface area (TPSA) is 54.7 Å². The normalized spacial score (nSPS) is 10.7. The van der Waals surface area contributed by atoms with E-state index in [2.05, 4.69) is 27.0 Å². The van der Waals surface area contributed by atoms with Crippen LogP contribution in [0, 0.1) is 6.92 Å². The first-order valence-corrected chi connectivity index (χ1v) is 7.12. The summed E-state index contributed by atoms with van der Waals surface area (Å²) in [7, 11) is 0. The van der Waals surface area contributed by atoms with E-state index in [0.29, 0.717) is 0 Å². The molecule has 0 bridgehead atoms. The fourth-order valence-corrected chi connectivity index (χ4v) is 2.63. The van der Waals surface area contributed by atoms with E-state index in [0.717, 1.165) is 38.5 Å². The zero-order valence-corrected chi connectivity index (χ0v) is 12.6. The number of H-pyrrole nitrogens is 1. The van der Waals surface area contributed by atoms with Crippen molar-refractivity contribution in [3.8, 4) is 22.6 Å². The van der Waals surface area contributed by atoms with Gasteiger partial charge in [-0.3, -0.25) is 0 Å². The van der Waals surface area contributed by atoms with Crippen LogP contribution in [0.25, 0.3) is 22.6 Å². The molecule has 0 amide bonds.